The Hall–Kier alpha value is -5.14. The van der Waals surface area contributed by atoms with Crippen molar-refractivity contribution >= 4 is 47.3 Å². The lowest BCUT2D eigenvalue weighted by Gasteiger charge is -2.33. The van der Waals surface area contributed by atoms with Gasteiger partial charge in [-0.3, -0.25) is 43.3 Å². The van der Waals surface area contributed by atoms with Gasteiger partial charge in [-0.25, -0.2) is 0 Å². The maximum absolute atomic E-state index is 14.0. The summed E-state index contributed by atoms with van der Waals surface area (Å²) in [5.74, 6) is -5.91. The number of benzene rings is 1. The van der Waals surface area contributed by atoms with Crippen LogP contribution in [0.1, 0.15) is 86.1 Å². The second-order valence-corrected chi connectivity index (χ2v) is 16.6. The van der Waals surface area contributed by atoms with Crippen LogP contribution in [0.3, 0.4) is 0 Å². The van der Waals surface area contributed by atoms with E-state index in [-0.39, 0.29) is 43.0 Å². The van der Waals surface area contributed by atoms with E-state index < -0.39 is 103 Å². The highest BCUT2D eigenvalue weighted by Gasteiger charge is 2.38. The molecule has 9 atom stereocenters. The summed E-state index contributed by atoms with van der Waals surface area (Å²) in [6, 6.07) is 1.39. The molecule has 0 spiro atoms. The molecule has 19 nitrogen and oxygen atoms in total. The van der Waals surface area contributed by atoms with E-state index in [4.69, 9.17) is 5.73 Å². The number of likely N-dealkylation sites (N-methyl/N-ethyl adjacent to an activating group) is 1. The molecule has 0 unspecified atom stereocenters. The van der Waals surface area contributed by atoms with Crippen molar-refractivity contribution in [3.8, 4) is 0 Å². The van der Waals surface area contributed by atoms with Crippen LogP contribution in [-0.2, 0) is 44.8 Å². The summed E-state index contributed by atoms with van der Waals surface area (Å²) in [4.78, 5) is 106. The SMILES string of the molecule is CC[C@H](C)[C@H](NC(=O)[C@@H]1CCCN1C[C@@H](O)[C@H](Cc1ccccc1)NC(=O)[C@H](CC(N)=O)NC(=O)[C@H](CC(C)C)NC(=O)[C@H](CO)NC(C)=O)C(=O)N[C@H](C(=O)NC)C(C)C. The van der Waals surface area contributed by atoms with Gasteiger partial charge in [0.25, 0.3) is 0 Å². The number of hydrogen-bond acceptors (Lipinski definition) is 11. The molecular formula is C42H69N9O10. The monoisotopic (exact) mass is 860 g/mol. The molecule has 0 radical (unpaired) electrons. The van der Waals surface area contributed by atoms with Gasteiger partial charge in [0.15, 0.2) is 0 Å². The zero-order valence-electron chi connectivity index (χ0n) is 36.8. The van der Waals surface area contributed by atoms with Crippen molar-refractivity contribution in [1.82, 2.24) is 42.1 Å². The van der Waals surface area contributed by atoms with Crippen molar-refractivity contribution in [3.05, 3.63) is 35.9 Å². The number of primary amides is 1. The number of aliphatic hydroxyl groups is 2. The molecule has 1 fully saturated rings. The van der Waals surface area contributed by atoms with E-state index in [1.165, 1.54) is 7.05 Å². The van der Waals surface area contributed by atoms with Crippen LogP contribution in [-0.4, -0.2) is 138 Å². The van der Waals surface area contributed by atoms with Gasteiger partial charge in [-0.2, -0.15) is 0 Å². The first-order chi connectivity index (χ1) is 28.7. The predicted molar refractivity (Wildman–Crippen MR) is 227 cm³/mol. The lowest BCUT2D eigenvalue weighted by Crippen LogP contribution is -2.60. The van der Waals surface area contributed by atoms with Crippen LogP contribution < -0.4 is 43.0 Å². The fraction of sp³-hybridized carbons (Fsp3) is 0.667. The molecule has 1 aromatic carbocycles. The van der Waals surface area contributed by atoms with Crippen LogP contribution in [0.25, 0.3) is 0 Å². The summed E-state index contributed by atoms with van der Waals surface area (Å²) < 4.78 is 0. The Morgan fingerprint density at radius 1 is 0.787 bits per heavy atom. The van der Waals surface area contributed by atoms with Crippen molar-refractivity contribution in [2.45, 2.75) is 135 Å². The first-order valence-corrected chi connectivity index (χ1v) is 21.1. The minimum Gasteiger partial charge on any atom is -0.394 e. The van der Waals surface area contributed by atoms with Gasteiger partial charge >= 0.3 is 0 Å². The van der Waals surface area contributed by atoms with Crippen molar-refractivity contribution < 1.29 is 48.6 Å². The Bertz CT molecular complexity index is 1650. The maximum Gasteiger partial charge on any atom is 0.245 e. The van der Waals surface area contributed by atoms with Gasteiger partial charge in [0.05, 0.1) is 31.2 Å². The molecule has 61 heavy (non-hydrogen) atoms. The van der Waals surface area contributed by atoms with Gasteiger partial charge in [0, 0.05) is 20.5 Å². The van der Waals surface area contributed by atoms with Crippen LogP contribution >= 0.6 is 0 Å². The Labute approximate surface area is 358 Å². The molecule has 19 heteroatoms. The molecule has 1 aromatic rings. The van der Waals surface area contributed by atoms with Gasteiger partial charge in [-0.1, -0.05) is 78.3 Å². The minimum atomic E-state index is -1.53. The first-order valence-electron chi connectivity index (χ1n) is 21.1. The molecule has 342 valence electrons. The molecule has 1 saturated heterocycles. The molecule has 0 aromatic heterocycles. The van der Waals surface area contributed by atoms with E-state index in [2.05, 4.69) is 37.2 Å². The molecule has 11 N–H and O–H groups in total. The second-order valence-electron chi connectivity index (χ2n) is 16.6. The van der Waals surface area contributed by atoms with E-state index in [9.17, 15) is 48.6 Å². The number of nitrogens with two attached hydrogens (primary N) is 1. The third-order valence-corrected chi connectivity index (χ3v) is 10.7. The number of rotatable bonds is 25. The number of aliphatic hydroxyl groups excluding tert-OH is 2. The second kappa shape index (κ2) is 25.6. The number of hydrogen-bond donors (Lipinski definition) is 10. The Morgan fingerprint density at radius 2 is 1.39 bits per heavy atom. The summed E-state index contributed by atoms with van der Waals surface area (Å²) in [6.45, 7) is 11.7. The van der Waals surface area contributed by atoms with Crippen LogP contribution in [0.2, 0.25) is 0 Å². The highest BCUT2D eigenvalue weighted by atomic mass is 16.3. The largest absolute Gasteiger partial charge is 0.394 e. The number of β-amino-alcohol motifs (C(OH)–C–C–N with tert-alkyl or cyclic N) is 1. The Kier molecular flexibility index (Phi) is 21.8. The molecule has 0 saturated carbocycles. The zero-order valence-corrected chi connectivity index (χ0v) is 36.8. The molecule has 0 aliphatic carbocycles. The molecule has 1 aliphatic rings. The number of nitrogens with zero attached hydrogens (tertiary/aromatic N) is 1. The molecule has 8 amide bonds. The van der Waals surface area contributed by atoms with Crippen molar-refractivity contribution in [1.29, 1.82) is 0 Å². The van der Waals surface area contributed by atoms with E-state index in [0.29, 0.717) is 25.8 Å². The minimum absolute atomic E-state index is 0.0716. The third-order valence-electron chi connectivity index (χ3n) is 10.7. The smallest absolute Gasteiger partial charge is 0.245 e. The average molecular weight is 860 g/mol. The highest BCUT2D eigenvalue weighted by Crippen LogP contribution is 2.21. The van der Waals surface area contributed by atoms with Crippen LogP contribution in [0.15, 0.2) is 30.3 Å². The van der Waals surface area contributed by atoms with Crippen LogP contribution in [0, 0.1) is 17.8 Å². The first kappa shape index (κ1) is 52.0. The standard InChI is InChI=1S/C42H69N9O10/c1-9-25(6)36(42(61)49-35(24(4)5)41(60)44-8)50-40(59)32-16-13-17-51(32)21-33(54)28(19-27-14-11-10-12-15-27)46-38(57)30(20-34(43)55)48-37(56)29(18-23(2)3)47-39(58)31(22-52)45-26(7)53/h10-12,14-15,23-25,28-33,35-36,52,54H,9,13,16-22H2,1-8H3,(H2,43,55)(H,44,60)(H,45,53)(H,46,57)(H,47,58)(H,48,56)(H,49,61)(H,50,59)/t25-,28-,29-,30-,31-,32-,33+,35-,36-/m0/s1. The zero-order chi connectivity index (χ0) is 46.0. The van der Waals surface area contributed by atoms with E-state index in [1.54, 1.807) is 62.9 Å². The van der Waals surface area contributed by atoms with Gasteiger partial charge in [-0.15, -0.1) is 0 Å². The number of likely N-dealkylation sites (tertiary alicyclic amines) is 1. The van der Waals surface area contributed by atoms with Crippen LogP contribution in [0.5, 0.6) is 0 Å². The highest BCUT2D eigenvalue weighted by molar-refractivity contribution is 5.96. The number of carbonyl (C=O) groups is 8. The molecule has 0 bridgehead atoms. The normalized spacial score (nSPS) is 18.0. The predicted octanol–water partition coefficient (Wildman–Crippen LogP) is -1.65. The van der Waals surface area contributed by atoms with Gasteiger partial charge in [-0.05, 0) is 55.5 Å². The summed E-state index contributed by atoms with van der Waals surface area (Å²) in [7, 11) is 1.48. The van der Waals surface area contributed by atoms with Gasteiger partial charge in [0.1, 0.15) is 30.2 Å². The molecule has 2 rings (SSSR count). The average Bonchev–Trinajstić information content (AvgIpc) is 3.67. The summed E-state index contributed by atoms with van der Waals surface area (Å²) in [5, 5.41) is 39.8. The Morgan fingerprint density at radius 3 is 1.93 bits per heavy atom. The quantitative estimate of drug-likeness (QED) is 0.0532. The third kappa shape index (κ3) is 17.0. The van der Waals surface area contributed by atoms with Crippen molar-refractivity contribution in [3.63, 3.8) is 0 Å². The fourth-order valence-electron chi connectivity index (χ4n) is 7.13. The van der Waals surface area contributed by atoms with E-state index >= 15 is 0 Å². The molecule has 1 heterocycles. The number of nitrogens with one attached hydrogen (secondary N) is 7. The summed E-state index contributed by atoms with van der Waals surface area (Å²) in [6.07, 6.45) is -0.0968. The molecular weight excluding hydrogens is 791 g/mol. The fourth-order valence-corrected chi connectivity index (χ4v) is 7.13. The lowest BCUT2D eigenvalue weighted by atomic mass is 9.96. The summed E-state index contributed by atoms with van der Waals surface area (Å²) in [5.41, 5.74) is 6.25. The maximum atomic E-state index is 14.0. The van der Waals surface area contributed by atoms with Gasteiger partial charge in [0.2, 0.25) is 47.3 Å². The topological polar surface area (TPSA) is 290 Å². The lowest BCUT2D eigenvalue weighted by molar-refractivity contribution is -0.135. The van der Waals surface area contributed by atoms with Crippen molar-refractivity contribution in [2.24, 2.45) is 23.5 Å². The van der Waals surface area contributed by atoms with E-state index in [0.717, 1.165) is 12.5 Å². The van der Waals surface area contributed by atoms with E-state index in [1.807, 2.05) is 13.8 Å². The molecule has 1 aliphatic heterocycles. The number of carbonyl (C=O) groups excluding carboxylic acids is 8. The number of amides is 8. The van der Waals surface area contributed by atoms with Crippen LogP contribution in [0.4, 0.5) is 0 Å². The summed E-state index contributed by atoms with van der Waals surface area (Å²) >= 11 is 0. The van der Waals surface area contributed by atoms with Gasteiger partial charge < -0.3 is 53.2 Å². The van der Waals surface area contributed by atoms with Crippen molar-refractivity contribution in [2.75, 3.05) is 26.7 Å². The Balaban J connectivity index is 2.34.